The second-order valence-corrected chi connectivity index (χ2v) is 17.5. The monoisotopic (exact) mass is 732 g/mol. The van der Waals surface area contributed by atoms with Crippen molar-refractivity contribution < 1.29 is 67.8 Å². The van der Waals surface area contributed by atoms with E-state index in [0.717, 1.165) is 0 Å². The molecule has 10 rings (SSSR count). The van der Waals surface area contributed by atoms with Gasteiger partial charge in [-0.15, -0.1) is 0 Å². The third-order valence-corrected chi connectivity index (χ3v) is 15.3. The van der Waals surface area contributed by atoms with Gasteiger partial charge in [0.05, 0.1) is 29.4 Å². The second kappa shape index (κ2) is 9.74. The SMILES string of the molecule is CC1=C2C3=C4[C@@](C)(C(=O)[C@@]2(O)OC1=O)[C@@H]1C[C@@H]1[C@@]4(O)C[C@@H]1[C@]32OC(=O)C3=C2CC2[C@]1(C)[C@@H]1C[C@@H]1[C@@]2(O)COC(=O)/C=C(\C)COC(=O)CCC(=O)OC3. The lowest BCUT2D eigenvalue weighted by atomic mass is 9.42. The summed E-state index contributed by atoms with van der Waals surface area (Å²) >= 11 is 0. The predicted octanol–water partition coefficient (Wildman–Crippen LogP) is 1.20. The zero-order valence-corrected chi connectivity index (χ0v) is 29.7. The fourth-order valence-electron chi connectivity index (χ4n) is 13.0. The van der Waals surface area contributed by atoms with Crippen LogP contribution >= 0.6 is 0 Å². The molecule has 0 aromatic rings. The molecule has 5 saturated carbocycles. The summed E-state index contributed by atoms with van der Waals surface area (Å²) in [5, 5.41) is 38.0. The summed E-state index contributed by atoms with van der Waals surface area (Å²) in [5.41, 5.74) is -6.19. The molecule has 1 spiro atoms. The Labute approximate surface area is 303 Å². The summed E-state index contributed by atoms with van der Waals surface area (Å²) in [7, 11) is 0. The Bertz CT molecular complexity index is 2070. The van der Waals surface area contributed by atoms with Crippen molar-refractivity contribution in [2.45, 2.75) is 88.8 Å². The molecule has 0 amide bonds. The van der Waals surface area contributed by atoms with E-state index in [2.05, 4.69) is 0 Å². The van der Waals surface area contributed by atoms with Gasteiger partial charge in [0.2, 0.25) is 5.78 Å². The molecule has 10 aliphatic rings. The largest absolute Gasteiger partial charge is 0.461 e. The number of hydrogen-bond acceptors (Lipinski definition) is 14. The Morgan fingerprint density at radius 1 is 0.755 bits per heavy atom. The predicted molar refractivity (Wildman–Crippen MR) is 173 cm³/mol. The number of carbonyl (C=O) groups excluding carboxylic acids is 6. The zero-order valence-electron chi connectivity index (χ0n) is 29.7. The summed E-state index contributed by atoms with van der Waals surface area (Å²) in [6, 6.07) is 0. The minimum Gasteiger partial charge on any atom is -0.461 e. The molecule has 3 aliphatic heterocycles. The Kier molecular flexibility index (Phi) is 6.15. The van der Waals surface area contributed by atoms with Gasteiger partial charge in [0.1, 0.15) is 25.4 Å². The number of ketones is 1. The van der Waals surface area contributed by atoms with Crippen molar-refractivity contribution in [2.75, 3.05) is 19.8 Å². The standard InChI is InChI=1S/C39H40O14/c1-15-7-27(42)51-14-37(47)22-8-19(22)34(3)23(37)10-18-17(13-50-26(41)6-5-25(40)49-12-15)32(44)52-38(18)24(34)11-36(46)21-9-20(21)35(4)30(36)29(38)28-16(2)31(43)53-39(28,48)33(35)45/h7,19-24,46-48H,5-6,8-14H2,1-4H3/b15-7+/t19-,20-,21+,22+,23?,24+,34+,35+,36+,37+,38+,39+/m1/s1. The van der Waals surface area contributed by atoms with Crippen LogP contribution in [-0.2, 0) is 52.5 Å². The third-order valence-electron chi connectivity index (χ3n) is 15.3. The lowest BCUT2D eigenvalue weighted by molar-refractivity contribution is -0.202. The first kappa shape index (κ1) is 33.4. The van der Waals surface area contributed by atoms with Crippen LogP contribution in [0.15, 0.2) is 45.1 Å². The number of hydrogen-bond donors (Lipinski definition) is 3. The minimum atomic E-state index is -2.70. The molecule has 2 bridgehead atoms. The van der Waals surface area contributed by atoms with Crippen LogP contribution in [-0.4, -0.2) is 93.4 Å². The van der Waals surface area contributed by atoms with Crippen LogP contribution in [0.25, 0.3) is 0 Å². The average Bonchev–Trinajstić information content (AvgIpc) is 4.01. The molecule has 1 unspecified atom stereocenters. The molecular weight excluding hydrogens is 692 g/mol. The van der Waals surface area contributed by atoms with Crippen molar-refractivity contribution in [3.05, 3.63) is 45.1 Å². The van der Waals surface area contributed by atoms with Crippen molar-refractivity contribution in [3.63, 3.8) is 0 Å². The number of rotatable bonds is 0. The molecule has 0 saturated heterocycles. The van der Waals surface area contributed by atoms with Crippen LogP contribution in [0.4, 0.5) is 0 Å². The van der Waals surface area contributed by atoms with Crippen LogP contribution in [0.5, 0.6) is 0 Å². The van der Waals surface area contributed by atoms with Gasteiger partial charge >= 0.3 is 29.8 Å². The number of ether oxygens (including phenoxy) is 5. The van der Waals surface area contributed by atoms with E-state index >= 15 is 0 Å². The molecule has 53 heavy (non-hydrogen) atoms. The van der Waals surface area contributed by atoms with Gasteiger partial charge in [-0.05, 0) is 92.3 Å². The summed E-state index contributed by atoms with van der Waals surface area (Å²) in [5.74, 6) is -10.0. The smallest absolute Gasteiger partial charge is 0.338 e. The summed E-state index contributed by atoms with van der Waals surface area (Å²) in [4.78, 5) is 80.6. The molecule has 0 radical (unpaired) electrons. The van der Waals surface area contributed by atoms with E-state index in [1.54, 1.807) is 13.8 Å². The van der Waals surface area contributed by atoms with Crippen LogP contribution in [0.3, 0.4) is 0 Å². The summed E-state index contributed by atoms with van der Waals surface area (Å²) < 4.78 is 28.6. The first-order chi connectivity index (χ1) is 24.9. The highest BCUT2D eigenvalue weighted by molar-refractivity contribution is 6.10. The van der Waals surface area contributed by atoms with Crippen LogP contribution in [0.1, 0.15) is 66.2 Å². The molecule has 3 N–H and O–H groups in total. The minimum absolute atomic E-state index is 0.0140. The fraction of sp³-hybridized carbons (Fsp3) is 0.641. The Hall–Kier alpha value is -4.14. The molecule has 12 atom stereocenters. The van der Waals surface area contributed by atoms with Crippen molar-refractivity contribution in [3.8, 4) is 0 Å². The van der Waals surface area contributed by atoms with Gasteiger partial charge in [-0.25, -0.2) is 14.4 Å². The van der Waals surface area contributed by atoms with E-state index in [4.69, 9.17) is 23.7 Å². The van der Waals surface area contributed by atoms with E-state index < -0.39 is 87.5 Å². The molecule has 0 aromatic carbocycles. The van der Waals surface area contributed by atoms with E-state index in [0.29, 0.717) is 29.6 Å². The van der Waals surface area contributed by atoms with Crippen molar-refractivity contribution >= 4 is 35.6 Å². The van der Waals surface area contributed by atoms with Gasteiger partial charge in [-0.2, -0.15) is 0 Å². The summed E-state index contributed by atoms with van der Waals surface area (Å²) in [6.07, 6.45) is 1.63. The van der Waals surface area contributed by atoms with Gasteiger partial charge in [-0.3, -0.25) is 14.4 Å². The highest BCUT2D eigenvalue weighted by atomic mass is 16.7. The number of cyclic esters (lactones) is 3. The first-order valence-corrected chi connectivity index (χ1v) is 18.4. The lowest BCUT2D eigenvalue weighted by Crippen LogP contribution is -2.68. The number of aliphatic hydroxyl groups is 3. The molecule has 280 valence electrons. The molecule has 14 heteroatoms. The van der Waals surface area contributed by atoms with Gasteiger partial charge < -0.3 is 39.0 Å². The highest BCUT2D eigenvalue weighted by Gasteiger charge is 2.87. The van der Waals surface area contributed by atoms with E-state index in [1.165, 1.54) is 13.0 Å². The number of carbonyl (C=O) groups is 6. The zero-order chi connectivity index (χ0) is 37.6. The van der Waals surface area contributed by atoms with Gasteiger partial charge in [0, 0.05) is 34.6 Å². The molecule has 14 nitrogen and oxygen atoms in total. The van der Waals surface area contributed by atoms with E-state index in [1.807, 2.05) is 6.92 Å². The molecule has 3 heterocycles. The van der Waals surface area contributed by atoms with Crippen molar-refractivity contribution in [1.29, 1.82) is 0 Å². The van der Waals surface area contributed by atoms with Gasteiger partial charge in [0.25, 0.3) is 5.79 Å². The van der Waals surface area contributed by atoms with E-state index in [9.17, 15) is 44.1 Å². The van der Waals surface area contributed by atoms with Crippen LogP contribution in [0, 0.1) is 46.3 Å². The second-order valence-electron chi connectivity index (χ2n) is 17.5. The molecule has 7 aliphatic carbocycles. The maximum atomic E-state index is 14.5. The van der Waals surface area contributed by atoms with Crippen molar-refractivity contribution in [1.82, 2.24) is 0 Å². The normalized spacial score (nSPS) is 50.3. The average molecular weight is 733 g/mol. The summed E-state index contributed by atoms with van der Waals surface area (Å²) in [6.45, 7) is 5.55. The fourth-order valence-corrected chi connectivity index (χ4v) is 13.0. The first-order valence-electron chi connectivity index (χ1n) is 18.4. The van der Waals surface area contributed by atoms with Crippen LogP contribution < -0.4 is 0 Å². The Morgan fingerprint density at radius 3 is 2.15 bits per heavy atom. The van der Waals surface area contributed by atoms with Gasteiger partial charge in [-0.1, -0.05) is 6.92 Å². The molecule has 0 aromatic heterocycles. The Morgan fingerprint density at radius 2 is 1.43 bits per heavy atom. The maximum Gasteiger partial charge on any atom is 0.338 e. The van der Waals surface area contributed by atoms with E-state index in [-0.39, 0.29) is 84.9 Å². The number of Topliss-reactive ketones (excluding diaryl/α,β-unsaturated/α-hetero) is 1. The maximum absolute atomic E-state index is 14.5. The topological polar surface area (TPSA) is 209 Å². The molecule has 5 fully saturated rings. The molecular formula is C39H40O14. The van der Waals surface area contributed by atoms with Crippen molar-refractivity contribution in [2.24, 2.45) is 46.3 Å². The number of esters is 5. The third kappa shape index (κ3) is 3.66. The van der Waals surface area contributed by atoms with Gasteiger partial charge in [0.15, 0.2) is 5.60 Å². The lowest BCUT2D eigenvalue weighted by Gasteiger charge is -2.63. The number of fused-ring (bicyclic) bond motifs is 9. The quantitative estimate of drug-likeness (QED) is 0.236. The van der Waals surface area contributed by atoms with Crippen LogP contribution in [0.2, 0.25) is 0 Å². The highest BCUT2D eigenvalue weighted by Crippen LogP contribution is 2.84. The Balaban J connectivity index is 1.21.